The number of hydrogen-bond acceptors (Lipinski definition) is 3. The molecule has 1 saturated heterocycles. The van der Waals surface area contributed by atoms with Gasteiger partial charge in [-0.25, -0.2) is 0 Å². The van der Waals surface area contributed by atoms with Crippen molar-refractivity contribution in [3.63, 3.8) is 0 Å². The number of nitrogens with one attached hydrogen (secondary N) is 1. The fraction of sp³-hybridized carbons (Fsp3) is 0.545. The molecule has 0 amide bonds. The second-order valence-corrected chi connectivity index (χ2v) is 4.34. The zero-order valence-electron chi connectivity index (χ0n) is 9.85. The molecule has 0 aromatic carbocycles. The number of guanidine groups is 1. The second kappa shape index (κ2) is 4.09. The Morgan fingerprint density at radius 2 is 2.41 bits per heavy atom. The zero-order chi connectivity index (χ0) is 12.5. The highest BCUT2D eigenvalue weighted by atomic mass is 15.3. The van der Waals surface area contributed by atoms with Crippen molar-refractivity contribution in [1.82, 2.24) is 14.7 Å². The molecule has 0 aliphatic carbocycles. The van der Waals surface area contributed by atoms with E-state index in [0.29, 0.717) is 18.7 Å². The van der Waals surface area contributed by atoms with E-state index in [9.17, 15) is 5.26 Å². The maximum atomic E-state index is 9.53. The van der Waals surface area contributed by atoms with Crippen molar-refractivity contribution in [2.24, 2.45) is 12.8 Å². The predicted octanol–water partition coefficient (Wildman–Crippen LogP) is 0.518. The van der Waals surface area contributed by atoms with Gasteiger partial charge in [0.05, 0.1) is 6.07 Å². The van der Waals surface area contributed by atoms with Crippen LogP contribution in [0.4, 0.5) is 0 Å². The van der Waals surface area contributed by atoms with E-state index in [1.807, 2.05) is 13.1 Å². The first-order valence-corrected chi connectivity index (χ1v) is 5.63. The van der Waals surface area contributed by atoms with Crippen LogP contribution >= 0.6 is 0 Å². The number of piperidine rings is 1. The normalized spacial score (nSPS) is 24.4. The summed E-state index contributed by atoms with van der Waals surface area (Å²) in [6, 6.07) is 4.13. The summed E-state index contributed by atoms with van der Waals surface area (Å²) in [6.07, 6.45) is 4.38. The Kier molecular flexibility index (Phi) is 2.76. The summed E-state index contributed by atoms with van der Waals surface area (Å²) in [6.45, 7) is 0.638. The first kappa shape index (κ1) is 11.5. The number of aromatic nitrogens is 2. The van der Waals surface area contributed by atoms with Crippen LogP contribution in [0.25, 0.3) is 0 Å². The Morgan fingerprint density at radius 3 is 2.94 bits per heavy atom. The second-order valence-electron chi connectivity index (χ2n) is 4.34. The maximum absolute atomic E-state index is 9.53. The Labute approximate surface area is 100 Å². The molecule has 1 unspecified atom stereocenters. The fourth-order valence-electron chi connectivity index (χ4n) is 2.38. The van der Waals surface area contributed by atoms with Crippen LogP contribution in [0.3, 0.4) is 0 Å². The van der Waals surface area contributed by atoms with E-state index in [-0.39, 0.29) is 5.96 Å². The lowest BCUT2D eigenvalue weighted by Crippen LogP contribution is -2.54. The van der Waals surface area contributed by atoms with Crippen LogP contribution in [-0.4, -0.2) is 27.2 Å². The van der Waals surface area contributed by atoms with Crippen LogP contribution in [0.5, 0.6) is 0 Å². The minimum absolute atomic E-state index is 0.0584. The van der Waals surface area contributed by atoms with Gasteiger partial charge >= 0.3 is 0 Å². The number of nitriles is 1. The average molecular weight is 232 g/mol. The molecule has 6 nitrogen and oxygen atoms in total. The maximum Gasteiger partial charge on any atom is 0.189 e. The van der Waals surface area contributed by atoms with Crippen molar-refractivity contribution in [3.8, 4) is 6.07 Å². The van der Waals surface area contributed by atoms with Crippen molar-refractivity contribution in [2.45, 2.75) is 24.8 Å². The number of hydrogen-bond donors (Lipinski definition) is 2. The highest BCUT2D eigenvalue weighted by Gasteiger charge is 2.43. The lowest BCUT2D eigenvalue weighted by Gasteiger charge is -2.41. The molecule has 90 valence electrons. The highest BCUT2D eigenvalue weighted by molar-refractivity contribution is 5.76. The highest BCUT2D eigenvalue weighted by Crippen LogP contribution is 2.35. The van der Waals surface area contributed by atoms with Crippen molar-refractivity contribution in [1.29, 1.82) is 10.7 Å². The lowest BCUT2D eigenvalue weighted by molar-refractivity contribution is 0.166. The molecule has 1 fully saturated rings. The van der Waals surface area contributed by atoms with Crippen molar-refractivity contribution >= 4 is 5.96 Å². The summed E-state index contributed by atoms with van der Waals surface area (Å²) in [5.74, 6) is -0.0584. The third kappa shape index (κ3) is 1.73. The predicted molar refractivity (Wildman–Crippen MR) is 63.0 cm³/mol. The minimum Gasteiger partial charge on any atom is -0.370 e. The average Bonchev–Trinajstić information content (AvgIpc) is 2.76. The topological polar surface area (TPSA) is 94.7 Å². The van der Waals surface area contributed by atoms with Gasteiger partial charge in [0.15, 0.2) is 11.5 Å². The molecule has 0 saturated carbocycles. The van der Waals surface area contributed by atoms with Crippen molar-refractivity contribution < 1.29 is 0 Å². The summed E-state index contributed by atoms with van der Waals surface area (Å²) >= 11 is 0. The van der Waals surface area contributed by atoms with Crippen LogP contribution < -0.4 is 5.73 Å². The molecule has 0 spiro atoms. The number of nitrogens with two attached hydrogens (primary N) is 1. The molecule has 1 atom stereocenters. The first-order valence-electron chi connectivity index (χ1n) is 5.63. The molecule has 1 aromatic rings. The van der Waals surface area contributed by atoms with Gasteiger partial charge in [0, 0.05) is 19.8 Å². The van der Waals surface area contributed by atoms with Crippen molar-refractivity contribution in [2.75, 3.05) is 6.54 Å². The monoisotopic (exact) mass is 232 g/mol. The third-order valence-electron chi connectivity index (χ3n) is 3.24. The van der Waals surface area contributed by atoms with E-state index in [4.69, 9.17) is 11.1 Å². The summed E-state index contributed by atoms with van der Waals surface area (Å²) in [5.41, 5.74) is 5.39. The molecule has 2 heterocycles. The zero-order valence-corrected chi connectivity index (χ0v) is 9.85. The molecule has 6 heteroatoms. The van der Waals surface area contributed by atoms with Crippen LogP contribution in [0.1, 0.15) is 25.0 Å². The van der Waals surface area contributed by atoms with E-state index < -0.39 is 5.54 Å². The molecule has 2 rings (SSSR count). The van der Waals surface area contributed by atoms with Gasteiger partial charge in [0.25, 0.3) is 0 Å². The lowest BCUT2D eigenvalue weighted by atomic mass is 9.85. The smallest absolute Gasteiger partial charge is 0.189 e. The van der Waals surface area contributed by atoms with Crippen LogP contribution in [-0.2, 0) is 12.6 Å². The van der Waals surface area contributed by atoms with Crippen LogP contribution in [0.2, 0.25) is 0 Å². The Hall–Kier alpha value is -2.03. The van der Waals surface area contributed by atoms with E-state index in [2.05, 4.69) is 11.2 Å². The van der Waals surface area contributed by atoms with Gasteiger partial charge in [0.1, 0.15) is 5.69 Å². The van der Waals surface area contributed by atoms with E-state index in [1.165, 1.54) is 0 Å². The summed E-state index contributed by atoms with van der Waals surface area (Å²) in [4.78, 5) is 1.65. The molecule has 1 aliphatic heterocycles. The van der Waals surface area contributed by atoms with Gasteiger partial charge in [-0.1, -0.05) is 0 Å². The third-order valence-corrected chi connectivity index (χ3v) is 3.24. The van der Waals surface area contributed by atoms with Crippen LogP contribution in [0, 0.1) is 16.7 Å². The molecule has 1 aromatic heterocycles. The standard InChI is InChI=1S/C11H16N6/c1-16-7-4-9(15-16)11(8-12)5-2-3-6-17(11)10(13)14/h4,7H,2-3,5-6H2,1H3,(H3,13,14). The fourth-order valence-corrected chi connectivity index (χ4v) is 2.38. The number of nitrogens with zero attached hydrogens (tertiary/aromatic N) is 4. The van der Waals surface area contributed by atoms with Gasteiger partial charge in [0.2, 0.25) is 0 Å². The van der Waals surface area contributed by atoms with Gasteiger partial charge in [-0.05, 0) is 25.3 Å². The van der Waals surface area contributed by atoms with Crippen molar-refractivity contribution in [3.05, 3.63) is 18.0 Å². The summed E-state index contributed by atoms with van der Waals surface area (Å²) in [5, 5.41) is 21.5. The first-order chi connectivity index (χ1) is 8.10. The Morgan fingerprint density at radius 1 is 1.65 bits per heavy atom. The number of rotatable bonds is 1. The molecule has 0 radical (unpaired) electrons. The van der Waals surface area contributed by atoms with E-state index in [0.717, 1.165) is 12.8 Å². The van der Waals surface area contributed by atoms with E-state index in [1.54, 1.807) is 15.8 Å². The molecule has 1 aliphatic rings. The Balaban J connectivity index is 2.47. The van der Waals surface area contributed by atoms with Gasteiger partial charge in [-0.3, -0.25) is 10.1 Å². The quantitative estimate of drug-likeness (QED) is 0.545. The molecular weight excluding hydrogens is 216 g/mol. The SMILES string of the molecule is Cn1ccc(C2(C#N)CCCCN2C(=N)N)n1. The minimum atomic E-state index is -0.870. The van der Waals surface area contributed by atoms with E-state index >= 15 is 0 Å². The molecular formula is C11H16N6. The molecule has 3 N–H and O–H groups in total. The number of likely N-dealkylation sites (tertiary alicyclic amines) is 1. The molecule has 0 bridgehead atoms. The van der Waals surface area contributed by atoms with Gasteiger partial charge in [-0.2, -0.15) is 10.4 Å². The largest absolute Gasteiger partial charge is 0.370 e. The van der Waals surface area contributed by atoms with Gasteiger partial charge in [-0.15, -0.1) is 0 Å². The summed E-state index contributed by atoms with van der Waals surface area (Å²) in [7, 11) is 1.81. The number of aryl methyl sites for hydroxylation is 1. The Bertz CT molecular complexity index is 471. The van der Waals surface area contributed by atoms with Gasteiger partial charge < -0.3 is 10.6 Å². The summed E-state index contributed by atoms with van der Waals surface area (Å²) < 4.78 is 1.67. The molecule has 17 heavy (non-hydrogen) atoms. The van der Waals surface area contributed by atoms with Crippen LogP contribution in [0.15, 0.2) is 12.3 Å².